The van der Waals surface area contributed by atoms with Crippen molar-refractivity contribution in [2.24, 2.45) is 0 Å². The van der Waals surface area contributed by atoms with Crippen LogP contribution in [0, 0.1) is 0 Å². The molecule has 17 heavy (non-hydrogen) atoms. The number of fused-ring (bicyclic) bond motifs is 1. The number of rotatable bonds is 1. The number of nitrogens with one attached hydrogen (secondary N) is 3. The predicted molar refractivity (Wildman–Crippen MR) is 65.0 cm³/mol. The van der Waals surface area contributed by atoms with E-state index in [-0.39, 0.29) is 0 Å². The molecule has 0 saturated carbocycles. The van der Waals surface area contributed by atoms with Crippen LogP contribution in [0.3, 0.4) is 0 Å². The Labute approximate surface area is 95.1 Å². The van der Waals surface area contributed by atoms with Crippen LogP contribution in [0.15, 0.2) is 46.2 Å². The summed E-state index contributed by atoms with van der Waals surface area (Å²) in [6.45, 7) is 0. The molecule has 0 aliphatic rings. The Morgan fingerprint density at radius 1 is 0.882 bits per heavy atom. The molecule has 0 amide bonds. The molecule has 0 aliphatic carbocycles. The van der Waals surface area contributed by atoms with Crippen molar-refractivity contribution in [2.75, 3.05) is 0 Å². The summed E-state index contributed by atoms with van der Waals surface area (Å²) in [4.78, 5) is 30.4. The molecule has 84 valence electrons. The average Bonchev–Trinajstić information content (AvgIpc) is 2.73. The minimum atomic E-state index is -0.501. The van der Waals surface area contributed by atoms with Crippen LogP contribution in [0.4, 0.5) is 0 Å². The molecule has 0 unspecified atom stereocenters. The molecule has 1 aromatic carbocycles. The number of para-hydroxylation sites is 1. The van der Waals surface area contributed by atoms with Crippen molar-refractivity contribution in [2.45, 2.75) is 0 Å². The van der Waals surface area contributed by atoms with Crippen LogP contribution < -0.4 is 11.2 Å². The number of benzene rings is 1. The van der Waals surface area contributed by atoms with E-state index in [1.165, 1.54) is 6.20 Å². The molecule has 3 rings (SSSR count). The molecular formula is C12H9N3O2. The highest BCUT2D eigenvalue weighted by Crippen LogP contribution is 2.24. The Bertz CT molecular complexity index is 795. The molecule has 0 bridgehead atoms. The Kier molecular flexibility index (Phi) is 1.98. The van der Waals surface area contributed by atoms with Crippen molar-refractivity contribution < 1.29 is 0 Å². The number of H-pyrrole nitrogens is 3. The van der Waals surface area contributed by atoms with E-state index in [0.717, 1.165) is 16.5 Å². The lowest BCUT2D eigenvalue weighted by atomic mass is 10.1. The minimum absolute atomic E-state index is 0.390. The fourth-order valence-electron chi connectivity index (χ4n) is 1.90. The van der Waals surface area contributed by atoms with Gasteiger partial charge in [-0.15, -0.1) is 0 Å². The quantitative estimate of drug-likeness (QED) is 0.584. The molecule has 0 spiro atoms. The molecule has 3 N–H and O–H groups in total. The topological polar surface area (TPSA) is 81.5 Å². The van der Waals surface area contributed by atoms with E-state index >= 15 is 0 Å². The van der Waals surface area contributed by atoms with Crippen LogP contribution in [-0.4, -0.2) is 15.0 Å². The Morgan fingerprint density at radius 3 is 2.47 bits per heavy atom. The van der Waals surface area contributed by atoms with Gasteiger partial charge in [-0.1, -0.05) is 18.2 Å². The maximum Gasteiger partial charge on any atom is 0.325 e. The van der Waals surface area contributed by atoms with Crippen molar-refractivity contribution >= 4 is 10.9 Å². The summed E-state index contributed by atoms with van der Waals surface area (Å²) in [5.41, 5.74) is 1.28. The zero-order valence-electron chi connectivity index (χ0n) is 8.78. The highest BCUT2D eigenvalue weighted by molar-refractivity contribution is 5.94. The van der Waals surface area contributed by atoms with E-state index in [9.17, 15) is 9.59 Å². The van der Waals surface area contributed by atoms with Crippen LogP contribution in [0.5, 0.6) is 0 Å². The first-order chi connectivity index (χ1) is 8.25. The summed E-state index contributed by atoms with van der Waals surface area (Å²) in [6, 6.07) is 7.67. The van der Waals surface area contributed by atoms with Crippen molar-refractivity contribution in [3.05, 3.63) is 57.5 Å². The van der Waals surface area contributed by atoms with Crippen molar-refractivity contribution in [3.63, 3.8) is 0 Å². The summed E-state index contributed by atoms with van der Waals surface area (Å²) in [6.07, 6.45) is 3.18. The predicted octanol–water partition coefficient (Wildman–Crippen LogP) is 1.21. The van der Waals surface area contributed by atoms with Gasteiger partial charge in [-0.2, -0.15) is 0 Å². The van der Waals surface area contributed by atoms with Crippen molar-refractivity contribution in [1.29, 1.82) is 0 Å². The van der Waals surface area contributed by atoms with E-state index in [2.05, 4.69) is 15.0 Å². The first kappa shape index (κ1) is 9.65. The van der Waals surface area contributed by atoms with Gasteiger partial charge in [-0.05, 0) is 6.07 Å². The second-order valence-electron chi connectivity index (χ2n) is 3.73. The monoisotopic (exact) mass is 227 g/mol. The van der Waals surface area contributed by atoms with E-state index in [4.69, 9.17) is 0 Å². The molecule has 0 saturated heterocycles. The van der Waals surface area contributed by atoms with E-state index in [1.54, 1.807) is 6.20 Å². The number of aromatic nitrogens is 3. The molecule has 0 aliphatic heterocycles. The first-order valence-electron chi connectivity index (χ1n) is 5.14. The van der Waals surface area contributed by atoms with Gasteiger partial charge in [0, 0.05) is 28.9 Å². The molecule has 2 heterocycles. The second kappa shape index (κ2) is 3.48. The molecule has 0 atom stereocenters. The van der Waals surface area contributed by atoms with Gasteiger partial charge in [0.15, 0.2) is 0 Å². The number of hydrogen-bond acceptors (Lipinski definition) is 2. The summed E-state index contributed by atoms with van der Waals surface area (Å²) in [5, 5.41) is 0.949. The zero-order chi connectivity index (χ0) is 11.8. The second-order valence-corrected chi connectivity index (χ2v) is 3.73. The molecule has 0 radical (unpaired) electrons. The summed E-state index contributed by atoms with van der Waals surface area (Å²) >= 11 is 0. The van der Waals surface area contributed by atoms with Crippen LogP contribution in [0.2, 0.25) is 0 Å². The molecule has 2 aromatic heterocycles. The van der Waals surface area contributed by atoms with Gasteiger partial charge in [0.2, 0.25) is 0 Å². The summed E-state index contributed by atoms with van der Waals surface area (Å²) in [5.74, 6) is 0. The van der Waals surface area contributed by atoms with Crippen molar-refractivity contribution in [3.8, 4) is 11.1 Å². The number of aromatic amines is 3. The van der Waals surface area contributed by atoms with E-state index in [1.807, 2.05) is 24.3 Å². The van der Waals surface area contributed by atoms with Gasteiger partial charge in [0.05, 0.1) is 5.56 Å². The van der Waals surface area contributed by atoms with Crippen LogP contribution in [0.25, 0.3) is 22.0 Å². The summed E-state index contributed by atoms with van der Waals surface area (Å²) in [7, 11) is 0. The van der Waals surface area contributed by atoms with Crippen molar-refractivity contribution in [1.82, 2.24) is 15.0 Å². The lowest BCUT2D eigenvalue weighted by molar-refractivity contribution is 1.04. The lowest BCUT2D eigenvalue weighted by Gasteiger charge is -1.97. The van der Waals surface area contributed by atoms with Crippen LogP contribution in [-0.2, 0) is 0 Å². The molecule has 0 fully saturated rings. The van der Waals surface area contributed by atoms with Gasteiger partial charge in [-0.3, -0.25) is 9.78 Å². The third-order valence-corrected chi connectivity index (χ3v) is 2.70. The average molecular weight is 227 g/mol. The largest absolute Gasteiger partial charge is 0.361 e. The Morgan fingerprint density at radius 2 is 1.65 bits per heavy atom. The minimum Gasteiger partial charge on any atom is -0.361 e. The van der Waals surface area contributed by atoms with Crippen LogP contribution in [0.1, 0.15) is 0 Å². The zero-order valence-corrected chi connectivity index (χ0v) is 8.78. The normalized spacial score (nSPS) is 10.8. The fraction of sp³-hybridized carbons (Fsp3) is 0. The van der Waals surface area contributed by atoms with Gasteiger partial charge in [-0.25, -0.2) is 4.79 Å². The van der Waals surface area contributed by atoms with E-state index in [0.29, 0.717) is 5.56 Å². The lowest BCUT2D eigenvalue weighted by Crippen LogP contribution is -2.22. The van der Waals surface area contributed by atoms with Gasteiger partial charge in [0.1, 0.15) is 0 Å². The highest BCUT2D eigenvalue weighted by atomic mass is 16.2. The summed E-state index contributed by atoms with van der Waals surface area (Å²) < 4.78 is 0. The van der Waals surface area contributed by atoms with Crippen LogP contribution >= 0.6 is 0 Å². The van der Waals surface area contributed by atoms with Gasteiger partial charge < -0.3 is 9.97 Å². The molecular weight excluding hydrogens is 218 g/mol. The standard InChI is InChI=1S/C12H9N3O2/c16-11-9(6-14-12(17)15-11)8-5-13-10-4-2-1-3-7(8)10/h1-6,13H,(H2,14,15,16,17). The third-order valence-electron chi connectivity index (χ3n) is 2.70. The molecule has 3 aromatic rings. The maximum atomic E-state index is 11.7. The maximum absolute atomic E-state index is 11.7. The van der Waals surface area contributed by atoms with Gasteiger partial charge in [0.25, 0.3) is 5.56 Å². The smallest absolute Gasteiger partial charge is 0.325 e. The molecule has 5 heteroatoms. The Balaban J connectivity index is 2.35. The highest BCUT2D eigenvalue weighted by Gasteiger charge is 2.08. The fourth-order valence-corrected chi connectivity index (χ4v) is 1.90. The van der Waals surface area contributed by atoms with E-state index < -0.39 is 11.2 Å². The molecule has 5 nitrogen and oxygen atoms in total. The first-order valence-corrected chi connectivity index (χ1v) is 5.14. The van der Waals surface area contributed by atoms with Gasteiger partial charge >= 0.3 is 5.69 Å². The SMILES string of the molecule is O=c1[nH]cc(-c2c[nH]c3ccccc23)c(=O)[nH]1. The number of hydrogen-bond donors (Lipinski definition) is 3. The third kappa shape index (κ3) is 1.48. The Hall–Kier alpha value is -2.56.